The minimum Gasteiger partial charge on any atom is -0.360 e. The van der Waals surface area contributed by atoms with E-state index in [-0.39, 0.29) is 30.3 Å². The third-order valence-corrected chi connectivity index (χ3v) is 4.02. The summed E-state index contributed by atoms with van der Waals surface area (Å²) in [5, 5.41) is 6.40. The van der Waals surface area contributed by atoms with Gasteiger partial charge in [-0.3, -0.25) is 9.59 Å². The van der Waals surface area contributed by atoms with E-state index in [0.29, 0.717) is 18.0 Å². The van der Waals surface area contributed by atoms with Gasteiger partial charge in [0.1, 0.15) is 12.3 Å². The summed E-state index contributed by atoms with van der Waals surface area (Å²) in [6.45, 7) is 7.52. The van der Waals surface area contributed by atoms with E-state index in [1.54, 1.807) is 17.9 Å². The predicted molar refractivity (Wildman–Crippen MR) is 96.2 cm³/mol. The highest BCUT2D eigenvalue weighted by Crippen LogP contribution is 2.23. The van der Waals surface area contributed by atoms with Gasteiger partial charge in [0.15, 0.2) is 5.82 Å². The van der Waals surface area contributed by atoms with Crippen molar-refractivity contribution < 1.29 is 14.1 Å². The zero-order valence-corrected chi connectivity index (χ0v) is 15.2. The number of aryl methyl sites for hydroxylation is 1. The monoisotopic (exact) mass is 343 g/mol. The third kappa shape index (κ3) is 4.92. The van der Waals surface area contributed by atoms with Crippen LogP contribution in [0.25, 0.3) is 0 Å². The molecule has 25 heavy (non-hydrogen) atoms. The van der Waals surface area contributed by atoms with Crippen LogP contribution in [0.4, 0.5) is 5.82 Å². The summed E-state index contributed by atoms with van der Waals surface area (Å²) >= 11 is 0. The van der Waals surface area contributed by atoms with Gasteiger partial charge in [-0.15, -0.1) is 0 Å². The van der Waals surface area contributed by atoms with E-state index in [0.717, 1.165) is 5.56 Å². The van der Waals surface area contributed by atoms with Crippen molar-refractivity contribution in [3.05, 3.63) is 47.7 Å². The maximum absolute atomic E-state index is 13.0. The second kappa shape index (κ2) is 8.46. The topological polar surface area (TPSA) is 75.4 Å². The fourth-order valence-corrected chi connectivity index (χ4v) is 2.72. The third-order valence-electron chi connectivity index (χ3n) is 4.02. The molecule has 1 aromatic heterocycles. The number of hydrogen-bond donors (Lipinski definition) is 1. The molecule has 2 rings (SSSR count). The molecule has 1 N–H and O–H groups in total. The second-order valence-electron chi connectivity index (χ2n) is 6.30. The normalized spacial score (nSPS) is 12.0. The Kier molecular flexibility index (Phi) is 6.33. The Balaban J connectivity index is 2.10. The van der Waals surface area contributed by atoms with Crippen LogP contribution >= 0.6 is 0 Å². The Morgan fingerprint density at radius 1 is 1.24 bits per heavy atom. The van der Waals surface area contributed by atoms with Gasteiger partial charge in [-0.1, -0.05) is 42.4 Å². The highest BCUT2D eigenvalue weighted by molar-refractivity contribution is 5.95. The van der Waals surface area contributed by atoms with Gasteiger partial charge in [-0.2, -0.15) is 0 Å². The first kappa shape index (κ1) is 18.7. The lowest BCUT2D eigenvalue weighted by Crippen LogP contribution is -2.44. The number of carbonyl (C=O) groups is 2. The van der Waals surface area contributed by atoms with Gasteiger partial charge in [-0.25, -0.2) is 0 Å². The number of anilines is 1. The SMILES string of the molecule is CCC(C(=O)N(CC(=O)Nc1cc(C)on1)C(C)C)c1ccccc1. The highest BCUT2D eigenvalue weighted by Gasteiger charge is 2.27. The molecule has 0 fully saturated rings. The number of carbonyl (C=O) groups excluding carboxylic acids is 2. The van der Waals surface area contributed by atoms with Crippen LogP contribution in [0, 0.1) is 6.92 Å². The Hall–Kier alpha value is -2.63. The standard InChI is InChI=1S/C19H25N3O3/c1-5-16(15-9-7-6-8-10-15)19(24)22(13(2)3)12-18(23)20-17-11-14(4)25-21-17/h6-11,13,16H,5,12H2,1-4H3,(H,20,21,23). The molecule has 2 aromatic rings. The smallest absolute Gasteiger partial charge is 0.245 e. The summed E-state index contributed by atoms with van der Waals surface area (Å²) < 4.78 is 4.93. The van der Waals surface area contributed by atoms with Crippen LogP contribution < -0.4 is 5.32 Å². The molecule has 2 amide bonds. The Morgan fingerprint density at radius 3 is 2.44 bits per heavy atom. The van der Waals surface area contributed by atoms with Crippen LogP contribution in [-0.4, -0.2) is 34.5 Å². The molecule has 1 atom stereocenters. The summed E-state index contributed by atoms with van der Waals surface area (Å²) in [6, 6.07) is 11.2. The molecule has 0 aliphatic rings. The molecule has 134 valence electrons. The van der Waals surface area contributed by atoms with Crippen LogP contribution in [0.2, 0.25) is 0 Å². The number of amides is 2. The van der Waals surface area contributed by atoms with E-state index in [1.165, 1.54) is 0 Å². The summed E-state index contributed by atoms with van der Waals surface area (Å²) in [4.78, 5) is 26.9. The van der Waals surface area contributed by atoms with Crippen molar-refractivity contribution in [1.29, 1.82) is 0 Å². The Bertz CT molecular complexity index is 710. The molecule has 0 saturated carbocycles. The molecule has 6 nitrogen and oxygen atoms in total. The molecular weight excluding hydrogens is 318 g/mol. The van der Waals surface area contributed by atoms with Crippen molar-refractivity contribution in [2.75, 3.05) is 11.9 Å². The van der Waals surface area contributed by atoms with Crippen molar-refractivity contribution >= 4 is 17.6 Å². The number of nitrogens with one attached hydrogen (secondary N) is 1. The van der Waals surface area contributed by atoms with E-state index in [2.05, 4.69) is 10.5 Å². The van der Waals surface area contributed by atoms with Crippen LogP contribution in [0.1, 0.15) is 44.4 Å². The van der Waals surface area contributed by atoms with Crippen molar-refractivity contribution in [3.63, 3.8) is 0 Å². The van der Waals surface area contributed by atoms with E-state index >= 15 is 0 Å². The van der Waals surface area contributed by atoms with Gasteiger partial charge < -0.3 is 14.7 Å². The number of rotatable bonds is 7. The average molecular weight is 343 g/mol. The van der Waals surface area contributed by atoms with Crippen LogP contribution in [0.5, 0.6) is 0 Å². The van der Waals surface area contributed by atoms with Crippen LogP contribution in [0.3, 0.4) is 0 Å². The first-order chi connectivity index (χ1) is 11.9. The number of aromatic nitrogens is 1. The van der Waals surface area contributed by atoms with E-state index in [4.69, 9.17) is 4.52 Å². The fraction of sp³-hybridized carbons (Fsp3) is 0.421. The minimum atomic E-state index is -0.293. The molecule has 1 unspecified atom stereocenters. The van der Waals surface area contributed by atoms with Gasteiger partial charge >= 0.3 is 0 Å². The molecule has 0 aliphatic heterocycles. The summed E-state index contributed by atoms with van der Waals surface area (Å²) in [6.07, 6.45) is 0.677. The molecule has 0 radical (unpaired) electrons. The minimum absolute atomic E-state index is 0.0221. The molecule has 0 bridgehead atoms. The maximum Gasteiger partial charge on any atom is 0.245 e. The zero-order valence-electron chi connectivity index (χ0n) is 15.2. The van der Waals surface area contributed by atoms with Crippen molar-refractivity contribution in [2.45, 2.75) is 46.1 Å². The summed E-state index contributed by atoms with van der Waals surface area (Å²) in [5.41, 5.74) is 0.966. The molecular formula is C19H25N3O3. The van der Waals surface area contributed by atoms with Gasteiger partial charge in [0.05, 0.1) is 5.92 Å². The average Bonchev–Trinajstić information content (AvgIpc) is 2.98. The molecule has 0 spiro atoms. The van der Waals surface area contributed by atoms with E-state index in [9.17, 15) is 9.59 Å². The molecule has 0 aliphatic carbocycles. The highest BCUT2D eigenvalue weighted by atomic mass is 16.5. The van der Waals surface area contributed by atoms with Crippen molar-refractivity contribution in [1.82, 2.24) is 10.1 Å². The molecule has 0 saturated heterocycles. The lowest BCUT2D eigenvalue weighted by atomic mass is 9.94. The van der Waals surface area contributed by atoms with Crippen molar-refractivity contribution in [3.8, 4) is 0 Å². The predicted octanol–water partition coefficient (Wildman–Crippen LogP) is 3.35. The Morgan fingerprint density at radius 2 is 1.92 bits per heavy atom. The number of nitrogens with zero attached hydrogens (tertiary/aromatic N) is 2. The second-order valence-corrected chi connectivity index (χ2v) is 6.30. The summed E-state index contributed by atoms with van der Waals surface area (Å²) in [5.74, 6) is 0.370. The number of benzene rings is 1. The molecule has 6 heteroatoms. The van der Waals surface area contributed by atoms with E-state index in [1.807, 2.05) is 51.1 Å². The van der Waals surface area contributed by atoms with Gasteiger partial charge in [0.2, 0.25) is 11.8 Å². The quantitative estimate of drug-likeness (QED) is 0.836. The van der Waals surface area contributed by atoms with E-state index < -0.39 is 0 Å². The Labute approximate surface area is 148 Å². The van der Waals surface area contributed by atoms with Gasteiger partial charge in [0, 0.05) is 12.1 Å². The summed E-state index contributed by atoms with van der Waals surface area (Å²) in [7, 11) is 0. The first-order valence-corrected chi connectivity index (χ1v) is 8.51. The van der Waals surface area contributed by atoms with Crippen molar-refractivity contribution in [2.24, 2.45) is 0 Å². The zero-order chi connectivity index (χ0) is 18.4. The first-order valence-electron chi connectivity index (χ1n) is 8.51. The molecule has 1 heterocycles. The van der Waals surface area contributed by atoms with Gasteiger partial charge in [-0.05, 0) is 32.8 Å². The molecule has 1 aromatic carbocycles. The van der Waals surface area contributed by atoms with Crippen LogP contribution in [0.15, 0.2) is 40.9 Å². The lowest BCUT2D eigenvalue weighted by Gasteiger charge is -2.30. The van der Waals surface area contributed by atoms with Crippen LogP contribution in [-0.2, 0) is 9.59 Å². The maximum atomic E-state index is 13.0. The largest absolute Gasteiger partial charge is 0.360 e. The fourth-order valence-electron chi connectivity index (χ4n) is 2.72. The van der Waals surface area contributed by atoms with Gasteiger partial charge in [0.25, 0.3) is 0 Å². The number of hydrogen-bond acceptors (Lipinski definition) is 4. The lowest BCUT2D eigenvalue weighted by molar-refractivity contribution is -0.137.